The third-order valence-electron chi connectivity index (χ3n) is 3.72. The number of hydrogen-bond acceptors (Lipinski definition) is 4. The van der Waals surface area contributed by atoms with E-state index in [4.69, 9.17) is 9.47 Å². The fourth-order valence-corrected chi connectivity index (χ4v) is 2.62. The van der Waals surface area contributed by atoms with Gasteiger partial charge in [0.15, 0.2) is 0 Å². The average molecular weight is 250 g/mol. The lowest BCUT2D eigenvalue weighted by Crippen LogP contribution is -2.64. The lowest BCUT2D eigenvalue weighted by atomic mass is 9.69. The number of carbonyl (C=O) groups is 1. The Morgan fingerprint density at radius 3 is 2.41 bits per heavy atom. The van der Waals surface area contributed by atoms with Crippen molar-refractivity contribution in [3.05, 3.63) is 0 Å². The Balaban J connectivity index is 2.28. The topological polar surface area (TPSA) is 55.8 Å². The van der Waals surface area contributed by atoms with Gasteiger partial charge in [0.25, 0.3) is 0 Å². The fraction of sp³-hybridized carbons (Fsp3) is 0.909. The lowest BCUT2D eigenvalue weighted by Gasteiger charge is -2.48. The van der Waals surface area contributed by atoms with Crippen LogP contribution < -0.4 is 0 Å². The van der Waals surface area contributed by atoms with Crippen LogP contribution in [0.15, 0.2) is 0 Å². The monoisotopic (exact) mass is 250 g/mol. The van der Waals surface area contributed by atoms with E-state index in [0.29, 0.717) is 0 Å². The molecular weight excluding hydrogens is 234 g/mol. The number of rotatable bonds is 3. The molecule has 1 aliphatic carbocycles. The number of aliphatic hydroxyl groups is 1. The molecule has 0 aromatic carbocycles. The highest BCUT2D eigenvalue weighted by molar-refractivity contribution is 5.79. The molecule has 0 radical (unpaired) electrons. The molecule has 98 valence electrons. The predicted molar refractivity (Wildman–Crippen MR) is 53.6 cm³/mol. The number of halogens is 2. The molecule has 4 nitrogen and oxygen atoms in total. The van der Waals surface area contributed by atoms with Gasteiger partial charge in [0.05, 0.1) is 19.8 Å². The van der Waals surface area contributed by atoms with Crippen LogP contribution in [-0.2, 0) is 14.3 Å². The molecule has 2 rings (SSSR count). The SMILES string of the molecule is CCOC(=O)C1(C2(O)COC2)CCC(F)(F)C1. The van der Waals surface area contributed by atoms with Gasteiger partial charge in [-0.3, -0.25) is 4.79 Å². The summed E-state index contributed by atoms with van der Waals surface area (Å²) >= 11 is 0. The number of hydrogen-bond donors (Lipinski definition) is 1. The van der Waals surface area contributed by atoms with Gasteiger partial charge in [-0.2, -0.15) is 0 Å². The van der Waals surface area contributed by atoms with E-state index in [0.717, 1.165) is 0 Å². The molecule has 1 aliphatic heterocycles. The molecular formula is C11H16F2O4. The van der Waals surface area contributed by atoms with Crippen molar-refractivity contribution in [2.75, 3.05) is 19.8 Å². The zero-order valence-corrected chi connectivity index (χ0v) is 9.67. The molecule has 1 heterocycles. The molecule has 0 spiro atoms. The van der Waals surface area contributed by atoms with Crippen molar-refractivity contribution in [2.45, 2.75) is 37.7 Å². The molecule has 17 heavy (non-hydrogen) atoms. The molecule has 0 aromatic rings. The highest BCUT2D eigenvalue weighted by atomic mass is 19.3. The highest BCUT2D eigenvalue weighted by Gasteiger charge is 2.67. The van der Waals surface area contributed by atoms with Crippen LogP contribution >= 0.6 is 0 Å². The first-order valence-electron chi connectivity index (χ1n) is 5.70. The Morgan fingerprint density at radius 2 is 2.06 bits per heavy atom. The quantitative estimate of drug-likeness (QED) is 0.762. The maximum absolute atomic E-state index is 13.4. The lowest BCUT2D eigenvalue weighted by molar-refractivity contribution is -0.249. The van der Waals surface area contributed by atoms with Crippen molar-refractivity contribution in [3.8, 4) is 0 Å². The Kier molecular flexibility index (Phi) is 2.90. The third kappa shape index (κ3) is 1.83. The van der Waals surface area contributed by atoms with Crippen molar-refractivity contribution in [1.82, 2.24) is 0 Å². The van der Waals surface area contributed by atoms with E-state index in [2.05, 4.69) is 0 Å². The van der Waals surface area contributed by atoms with Gasteiger partial charge in [-0.05, 0) is 13.3 Å². The molecule has 0 amide bonds. The molecule has 0 bridgehead atoms. The van der Waals surface area contributed by atoms with E-state index < -0.39 is 35.7 Å². The largest absolute Gasteiger partial charge is 0.465 e. The zero-order valence-electron chi connectivity index (χ0n) is 9.67. The Bertz CT molecular complexity index is 327. The minimum Gasteiger partial charge on any atom is -0.465 e. The van der Waals surface area contributed by atoms with Gasteiger partial charge in [0.1, 0.15) is 11.0 Å². The Hall–Kier alpha value is -0.750. The van der Waals surface area contributed by atoms with Crippen LogP contribution in [0.2, 0.25) is 0 Å². The summed E-state index contributed by atoms with van der Waals surface area (Å²) in [4.78, 5) is 11.9. The minimum atomic E-state index is -2.92. The summed E-state index contributed by atoms with van der Waals surface area (Å²) < 4.78 is 36.5. The number of esters is 1. The van der Waals surface area contributed by atoms with Crippen LogP contribution in [0.25, 0.3) is 0 Å². The number of ether oxygens (including phenoxy) is 2. The van der Waals surface area contributed by atoms with Crippen molar-refractivity contribution in [3.63, 3.8) is 0 Å². The minimum absolute atomic E-state index is 0.0569. The first-order chi connectivity index (χ1) is 7.85. The smallest absolute Gasteiger partial charge is 0.315 e. The molecule has 1 atom stereocenters. The standard InChI is InChI=1S/C11H16F2O4/c1-2-17-8(14)9(10(15)6-16-7-10)3-4-11(12,13)5-9/h15H,2-7H2,1H3. The molecule has 0 aromatic heterocycles. The van der Waals surface area contributed by atoms with E-state index in [1.54, 1.807) is 6.92 Å². The molecule has 1 saturated carbocycles. The summed E-state index contributed by atoms with van der Waals surface area (Å²) in [5, 5.41) is 10.2. The number of alkyl halides is 2. The van der Waals surface area contributed by atoms with Gasteiger partial charge >= 0.3 is 5.97 Å². The second-order valence-corrected chi connectivity index (χ2v) is 4.86. The van der Waals surface area contributed by atoms with Gasteiger partial charge in [-0.15, -0.1) is 0 Å². The summed E-state index contributed by atoms with van der Waals surface area (Å²) in [6.45, 7) is 1.56. The molecule has 6 heteroatoms. The van der Waals surface area contributed by atoms with Gasteiger partial charge < -0.3 is 14.6 Å². The molecule has 1 unspecified atom stereocenters. The molecule has 1 saturated heterocycles. The first-order valence-corrected chi connectivity index (χ1v) is 5.70. The highest BCUT2D eigenvalue weighted by Crippen LogP contribution is 2.55. The van der Waals surface area contributed by atoms with Crippen molar-refractivity contribution < 1.29 is 28.2 Å². The van der Waals surface area contributed by atoms with Crippen LogP contribution in [0.5, 0.6) is 0 Å². The normalized spacial score (nSPS) is 34.1. The number of carbonyl (C=O) groups excluding carboxylic acids is 1. The second kappa shape index (κ2) is 3.88. The van der Waals surface area contributed by atoms with Gasteiger partial charge in [0, 0.05) is 12.8 Å². The van der Waals surface area contributed by atoms with Crippen molar-refractivity contribution in [1.29, 1.82) is 0 Å². The van der Waals surface area contributed by atoms with Gasteiger partial charge in [-0.1, -0.05) is 0 Å². The maximum Gasteiger partial charge on any atom is 0.315 e. The summed E-state index contributed by atoms with van der Waals surface area (Å²) in [6.07, 6.45) is -1.11. The van der Waals surface area contributed by atoms with Crippen LogP contribution in [0.4, 0.5) is 8.78 Å². The van der Waals surface area contributed by atoms with E-state index in [1.807, 2.05) is 0 Å². The second-order valence-electron chi connectivity index (χ2n) is 4.86. The maximum atomic E-state index is 13.4. The van der Waals surface area contributed by atoms with Crippen LogP contribution in [0, 0.1) is 5.41 Å². The van der Waals surface area contributed by atoms with E-state index in [-0.39, 0.29) is 26.2 Å². The molecule has 2 aliphatic rings. The van der Waals surface area contributed by atoms with Crippen LogP contribution in [-0.4, -0.2) is 42.4 Å². The average Bonchev–Trinajstić information content (AvgIpc) is 2.53. The van der Waals surface area contributed by atoms with Crippen molar-refractivity contribution in [2.24, 2.45) is 5.41 Å². The summed E-state index contributed by atoms with van der Waals surface area (Å²) in [7, 11) is 0. The van der Waals surface area contributed by atoms with Crippen LogP contribution in [0.3, 0.4) is 0 Å². The Morgan fingerprint density at radius 1 is 1.41 bits per heavy atom. The molecule has 1 N–H and O–H groups in total. The van der Waals surface area contributed by atoms with Crippen LogP contribution in [0.1, 0.15) is 26.2 Å². The van der Waals surface area contributed by atoms with Gasteiger partial charge in [-0.25, -0.2) is 8.78 Å². The van der Waals surface area contributed by atoms with E-state index in [9.17, 15) is 18.7 Å². The third-order valence-corrected chi connectivity index (χ3v) is 3.72. The Labute approximate surface area is 97.9 Å². The fourth-order valence-electron chi connectivity index (χ4n) is 2.62. The first kappa shape index (κ1) is 12.7. The van der Waals surface area contributed by atoms with Crippen molar-refractivity contribution >= 4 is 5.97 Å². The summed E-state index contributed by atoms with van der Waals surface area (Å²) in [6, 6.07) is 0. The summed E-state index contributed by atoms with van der Waals surface area (Å²) in [5.41, 5.74) is -3.01. The predicted octanol–water partition coefficient (Wildman–Crippen LogP) is 1.12. The summed E-state index contributed by atoms with van der Waals surface area (Å²) in [5.74, 6) is -3.65. The molecule has 2 fully saturated rings. The van der Waals surface area contributed by atoms with Gasteiger partial charge in [0.2, 0.25) is 5.92 Å². The zero-order chi connectivity index (χ0) is 12.7. The van der Waals surface area contributed by atoms with E-state index in [1.165, 1.54) is 0 Å². The van der Waals surface area contributed by atoms with E-state index >= 15 is 0 Å².